The summed E-state index contributed by atoms with van der Waals surface area (Å²) >= 11 is 0. The second-order valence-corrected chi connectivity index (χ2v) is 6.71. The van der Waals surface area contributed by atoms with Crippen molar-refractivity contribution in [1.29, 1.82) is 0 Å². The lowest BCUT2D eigenvalue weighted by molar-refractivity contribution is 0.0892. The van der Waals surface area contributed by atoms with Crippen molar-refractivity contribution >= 4 is 5.91 Å². The molecule has 0 fully saturated rings. The number of carbonyl (C=O) groups excluding carboxylic acids is 1. The molecule has 0 saturated heterocycles. The molecule has 5 nitrogen and oxygen atoms in total. The van der Waals surface area contributed by atoms with E-state index in [0.29, 0.717) is 6.42 Å². The number of para-hydroxylation sites is 1. The van der Waals surface area contributed by atoms with Crippen LogP contribution in [0.5, 0.6) is 0 Å². The standard InChI is InChI=1S/C17H22FN3O2/c1-17(2,3)10-12(11-22)19-16(23)14-8-9-21(20-14)15-7-5-4-6-13(15)18/h4-9,12,22H,10-11H2,1-3H3,(H,19,23). The Labute approximate surface area is 135 Å². The van der Waals surface area contributed by atoms with Crippen LogP contribution in [-0.4, -0.2) is 33.4 Å². The Bertz CT molecular complexity index is 676. The van der Waals surface area contributed by atoms with Crippen molar-refractivity contribution in [2.75, 3.05) is 6.61 Å². The van der Waals surface area contributed by atoms with Gasteiger partial charge in [0.25, 0.3) is 5.91 Å². The first-order valence-corrected chi connectivity index (χ1v) is 7.52. The molecule has 6 heteroatoms. The zero-order chi connectivity index (χ0) is 17.0. The van der Waals surface area contributed by atoms with Crippen molar-refractivity contribution in [3.63, 3.8) is 0 Å². The number of benzene rings is 1. The van der Waals surface area contributed by atoms with Gasteiger partial charge in [0.1, 0.15) is 11.5 Å². The van der Waals surface area contributed by atoms with Gasteiger partial charge in [-0.15, -0.1) is 0 Å². The van der Waals surface area contributed by atoms with Crippen LogP contribution in [0, 0.1) is 11.2 Å². The Morgan fingerprint density at radius 1 is 1.35 bits per heavy atom. The largest absolute Gasteiger partial charge is 0.394 e. The molecule has 0 aliphatic rings. The quantitative estimate of drug-likeness (QED) is 0.890. The van der Waals surface area contributed by atoms with Gasteiger partial charge in [-0.3, -0.25) is 4.79 Å². The molecule has 23 heavy (non-hydrogen) atoms. The number of carbonyl (C=O) groups is 1. The molecule has 1 unspecified atom stereocenters. The molecule has 0 saturated carbocycles. The van der Waals surface area contributed by atoms with E-state index in [1.54, 1.807) is 18.2 Å². The molecular weight excluding hydrogens is 297 g/mol. The molecule has 0 spiro atoms. The molecule has 0 radical (unpaired) electrons. The van der Waals surface area contributed by atoms with Gasteiger partial charge in [0.05, 0.1) is 12.6 Å². The van der Waals surface area contributed by atoms with E-state index >= 15 is 0 Å². The summed E-state index contributed by atoms with van der Waals surface area (Å²) in [5.41, 5.74) is 0.438. The zero-order valence-corrected chi connectivity index (χ0v) is 13.6. The van der Waals surface area contributed by atoms with Crippen molar-refractivity contribution in [2.45, 2.75) is 33.2 Å². The molecule has 1 aromatic heterocycles. The third-order valence-corrected chi connectivity index (χ3v) is 3.34. The summed E-state index contributed by atoms with van der Waals surface area (Å²) in [6, 6.07) is 7.38. The average Bonchev–Trinajstić information content (AvgIpc) is 2.95. The second-order valence-electron chi connectivity index (χ2n) is 6.71. The van der Waals surface area contributed by atoms with Crippen LogP contribution in [0.4, 0.5) is 4.39 Å². The Morgan fingerprint density at radius 3 is 2.65 bits per heavy atom. The number of halogens is 1. The number of rotatable bonds is 5. The molecule has 0 bridgehead atoms. The van der Waals surface area contributed by atoms with E-state index < -0.39 is 5.82 Å². The number of hydrogen-bond donors (Lipinski definition) is 2. The molecule has 2 aromatic rings. The van der Waals surface area contributed by atoms with Crippen LogP contribution in [-0.2, 0) is 0 Å². The first-order valence-electron chi connectivity index (χ1n) is 7.52. The van der Waals surface area contributed by atoms with Crippen LogP contribution in [0.2, 0.25) is 0 Å². The maximum Gasteiger partial charge on any atom is 0.272 e. The summed E-state index contributed by atoms with van der Waals surface area (Å²) in [5.74, 6) is -0.799. The highest BCUT2D eigenvalue weighted by Crippen LogP contribution is 2.20. The maximum atomic E-state index is 13.7. The summed E-state index contributed by atoms with van der Waals surface area (Å²) in [7, 11) is 0. The third-order valence-electron chi connectivity index (χ3n) is 3.34. The van der Waals surface area contributed by atoms with Crippen molar-refractivity contribution < 1.29 is 14.3 Å². The summed E-state index contributed by atoms with van der Waals surface area (Å²) in [6.45, 7) is 5.97. The molecule has 1 atom stereocenters. The van der Waals surface area contributed by atoms with Crippen LogP contribution in [0.25, 0.3) is 5.69 Å². The summed E-state index contributed by atoms with van der Waals surface area (Å²) in [6.07, 6.45) is 2.17. The Morgan fingerprint density at radius 2 is 2.04 bits per heavy atom. The lowest BCUT2D eigenvalue weighted by Crippen LogP contribution is -2.40. The normalized spacial score (nSPS) is 12.9. The van der Waals surface area contributed by atoms with Gasteiger partial charge in [-0.1, -0.05) is 32.9 Å². The zero-order valence-electron chi connectivity index (χ0n) is 13.6. The van der Waals surface area contributed by atoms with Crippen LogP contribution in [0.3, 0.4) is 0 Å². The second kappa shape index (κ2) is 6.91. The molecular formula is C17H22FN3O2. The van der Waals surface area contributed by atoms with Crippen LogP contribution >= 0.6 is 0 Å². The molecule has 1 aromatic carbocycles. The Balaban J connectivity index is 2.11. The van der Waals surface area contributed by atoms with E-state index in [-0.39, 0.29) is 35.4 Å². The van der Waals surface area contributed by atoms with Gasteiger partial charge in [0.2, 0.25) is 0 Å². The van der Waals surface area contributed by atoms with Crippen molar-refractivity contribution in [1.82, 2.24) is 15.1 Å². The van der Waals surface area contributed by atoms with E-state index in [1.807, 2.05) is 20.8 Å². The average molecular weight is 319 g/mol. The predicted octanol–water partition coefficient (Wildman–Crippen LogP) is 2.54. The molecule has 0 aliphatic heterocycles. The van der Waals surface area contributed by atoms with E-state index in [9.17, 15) is 14.3 Å². The monoisotopic (exact) mass is 319 g/mol. The predicted molar refractivity (Wildman–Crippen MR) is 85.9 cm³/mol. The molecule has 1 heterocycles. The lowest BCUT2D eigenvalue weighted by Gasteiger charge is -2.25. The highest BCUT2D eigenvalue weighted by atomic mass is 19.1. The fourth-order valence-electron chi connectivity index (χ4n) is 2.38. The molecule has 1 amide bonds. The molecule has 0 aliphatic carbocycles. The number of aliphatic hydroxyl groups is 1. The van der Waals surface area contributed by atoms with Gasteiger partial charge in [0.15, 0.2) is 5.69 Å². The third kappa shape index (κ3) is 4.63. The van der Waals surface area contributed by atoms with E-state index in [0.717, 1.165) is 0 Å². The summed E-state index contributed by atoms with van der Waals surface area (Å²) in [4.78, 5) is 12.2. The van der Waals surface area contributed by atoms with Crippen LogP contribution in [0.1, 0.15) is 37.7 Å². The molecule has 2 N–H and O–H groups in total. The summed E-state index contributed by atoms with van der Waals surface area (Å²) < 4.78 is 15.1. The van der Waals surface area contributed by atoms with Gasteiger partial charge >= 0.3 is 0 Å². The number of hydrogen-bond acceptors (Lipinski definition) is 3. The van der Waals surface area contributed by atoms with Gasteiger partial charge in [-0.25, -0.2) is 9.07 Å². The van der Waals surface area contributed by atoms with Crippen LogP contribution in [0.15, 0.2) is 36.5 Å². The van der Waals surface area contributed by atoms with Crippen molar-refractivity contribution in [3.05, 3.63) is 48.0 Å². The Kier molecular flexibility index (Phi) is 5.15. The van der Waals surface area contributed by atoms with E-state index in [1.165, 1.54) is 23.0 Å². The SMILES string of the molecule is CC(C)(C)CC(CO)NC(=O)c1ccn(-c2ccccc2F)n1. The minimum absolute atomic E-state index is 0.0206. The fraction of sp³-hybridized carbons (Fsp3) is 0.412. The maximum absolute atomic E-state index is 13.7. The lowest BCUT2D eigenvalue weighted by atomic mass is 9.88. The number of nitrogens with zero attached hydrogens (tertiary/aromatic N) is 2. The van der Waals surface area contributed by atoms with Crippen molar-refractivity contribution in [3.8, 4) is 5.69 Å². The topological polar surface area (TPSA) is 67.2 Å². The number of nitrogens with one attached hydrogen (secondary N) is 1. The van der Waals surface area contributed by atoms with Gasteiger partial charge in [-0.05, 0) is 30.0 Å². The smallest absolute Gasteiger partial charge is 0.272 e. The van der Waals surface area contributed by atoms with Gasteiger partial charge in [0, 0.05) is 6.20 Å². The molecule has 2 rings (SSSR count). The van der Waals surface area contributed by atoms with E-state index in [4.69, 9.17) is 0 Å². The van der Waals surface area contributed by atoms with Gasteiger partial charge < -0.3 is 10.4 Å². The minimum Gasteiger partial charge on any atom is -0.394 e. The number of aromatic nitrogens is 2. The first kappa shape index (κ1) is 17.1. The highest BCUT2D eigenvalue weighted by Gasteiger charge is 2.21. The van der Waals surface area contributed by atoms with Crippen molar-refractivity contribution in [2.24, 2.45) is 5.41 Å². The highest BCUT2D eigenvalue weighted by molar-refractivity contribution is 5.92. The van der Waals surface area contributed by atoms with E-state index in [2.05, 4.69) is 10.4 Å². The fourth-order valence-corrected chi connectivity index (χ4v) is 2.38. The summed E-state index contributed by atoms with van der Waals surface area (Å²) in [5, 5.41) is 16.3. The first-order chi connectivity index (χ1) is 10.8. The number of amides is 1. The minimum atomic E-state index is -0.413. The Hall–Kier alpha value is -2.21. The molecule has 124 valence electrons. The van der Waals surface area contributed by atoms with Crippen LogP contribution < -0.4 is 5.32 Å². The number of aliphatic hydroxyl groups excluding tert-OH is 1. The van der Waals surface area contributed by atoms with Gasteiger partial charge in [-0.2, -0.15) is 5.10 Å².